The zero-order valence-electron chi connectivity index (χ0n) is 18.6. The van der Waals surface area contributed by atoms with Crippen LogP contribution in [0.1, 0.15) is 41.3 Å². The Bertz CT molecular complexity index is 1260. The minimum atomic E-state index is -0.139. The first-order valence-electron chi connectivity index (χ1n) is 11.3. The molecule has 0 atom stereocenters. The van der Waals surface area contributed by atoms with Crippen LogP contribution in [-0.2, 0) is 6.61 Å². The number of hydrogen-bond acceptors (Lipinski definition) is 6. The molecule has 1 fully saturated rings. The largest absolute Gasteiger partial charge is 0.489 e. The molecule has 1 aromatic carbocycles. The van der Waals surface area contributed by atoms with Crippen molar-refractivity contribution < 1.29 is 14.3 Å². The maximum Gasteiger partial charge on any atom is 0.199 e. The quantitative estimate of drug-likeness (QED) is 0.396. The Hall–Kier alpha value is -3.87. The van der Waals surface area contributed by atoms with E-state index in [1.807, 2.05) is 49.5 Å². The molecule has 4 heterocycles. The zero-order chi connectivity index (χ0) is 22.6. The van der Waals surface area contributed by atoms with Gasteiger partial charge in [-0.15, -0.1) is 0 Å². The lowest BCUT2D eigenvalue weighted by molar-refractivity contribution is 0.103. The Morgan fingerprint density at radius 2 is 1.91 bits per heavy atom. The highest BCUT2D eigenvalue weighted by Crippen LogP contribution is 2.34. The molecule has 3 aromatic heterocycles. The SMILES string of the molecule is CCOc1c(OCc2ccc(N3CCCC3)nc2)cccc1C(=O)c1c[nH]c2ncccc12. The van der Waals surface area contributed by atoms with Gasteiger partial charge < -0.3 is 19.4 Å². The number of aromatic amines is 1. The summed E-state index contributed by atoms with van der Waals surface area (Å²) in [5.74, 6) is 1.85. The average molecular weight is 443 g/mol. The Morgan fingerprint density at radius 1 is 1.03 bits per heavy atom. The first kappa shape index (κ1) is 21.0. The molecule has 1 N–H and O–H groups in total. The molecule has 5 rings (SSSR count). The maximum atomic E-state index is 13.4. The van der Waals surface area contributed by atoms with Crippen molar-refractivity contribution in [1.82, 2.24) is 15.0 Å². The number of carbonyl (C=O) groups is 1. The topological polar surface area (TPSA) is 80.3 Å². The third-order valence-electron chi connectivity index (χ3n) is 5.84. The highest BCUT2D eigenvalue weighted by atomic mass is 16.5. The summed E-state index contributed by atoms with van der Waals surface area (Å²) in [4.78, 5) is 27.6. The number of fused-ring (bicyclic) bond motifs is 1. The van der Waals surface area contributed by atoms with Gasteiger partial charge in [0.2, 0.25) is 0 Å². The Kier molecular flexibility index (Phi) is 5.93. The Morgan fingerprint density at radius 3 is 2.70 bits per heavy atom. The third-order valence-corrected chi connectivity index (χ3v) is 5.84. The van der Waals surface area contributed by atoms with Crippen LogP contribution in [-0.4, -0.2) is 40.4 Å². The fourth-order valence-electron chi connectivity index (χ4n) is 4.19. The van der Waals surface area contributed by atoms with Crippen LogP contribution in [0, 0.1) is 0 Å². The molecule has 7 nitrogen and oxygen atoms in total. The van der Waals surface area contributed by atoms with E-state index in [4.69, 9.17) is 9.47 Å². The van der Waals surface area contributed by atoms with E-state index < -0.39 is 0 Å². The number of hydrogen-bond donors (Lipinski definition) is 1. The van der Waals surface area contributed by atoms with Gasteiger partial charge in [-0.2, -0.15) is 0 Å². The minimum absolute atomic E-state index is 0.139. The van der Waals surface area contributed by atoms with Gasteiger partial charge in [0.1, 0.15) is 18.1 Å². The van der Waals surface area contributed by atoms with Gasteiger partial charge in [0, 0.05) is 48.2 Å². The number of rotatable bonds is 8. The van der Waals surface area contributed by atoms with E-state index in [2.05, 4.69) is 19.9 Å². The van der Waals surface area contributed by atoms with Gasteiger partial charge >= 0.3 is 0 Å². The van der Waals surface area contributed by atoms with Gasteiger partial charge in [-0.1, -0.05) is 12.1 Å². The summed E-state index contributed by atoms with van der Waals surface area (Å²) in [6.45, 7) is 4.77. The molecule has 0 unspecified atom stereocenters. The van der Waals surface area contributed by atoms with Gasteiger partial charge in [0.25, 0.3) is 0 Å². The molecular weight excluding hydrogens is 416 g/mol. The van der Waals surface area contributed by atoms with Crippen LogP contribution in [0.4, 0.5) is 5.82 Å². The predicted octanol–water partition coefficient (Wildman–Crippen LogP) is 4.77. The Balaban J connectivity index is 1.38. The number of ether oxygens (including phenoxy) is 2. The van der Waals surface area contributed by atoms with Crippen molar-refractivity contribution in [3.05, 3.63) is 77.7 Å². The van der Waals surface area contributed by atoms with Crippen LogP contribution in [0.5, 0.6) is 11.5 Å². The van der Waals surface area contributed by atoms with Crippen LogP contribution >= 0.6 is 0 Å². The molecule has 168 valence electrons. The molecule has 1 aliphatic heterocycles. The molecule has 1 saturated heterocycles. The number of nitrogens with one attached hydrogen (secondary N) is 1. The average Bonchev–Trinajstić information content (AvgIpc) is 3.54. The summed E-state index contributed by atoms with van der Waals surface area (Å²) >= 11 is 0. The van der Waals surface area contributed by atoms with E-state index in [0.29, 0.717) is 41.5 Å². The van der Waals surface area contributed by atoms with E-state index in [1.54, 1.807) is 18.5 Å². The first-order chi connectivity index (χ1) is 16.2. The van der Waals surface area contributed by atoms with Gasteiger partial charge in [0.15, 0.2) is 17.3 Å². The van der Waals surface area contributed by atoms with Crippen molar-refractivity contribution >= 4 is 22.6 Å². The normalized spacial score (nSPS) is 13.4. The standard InChI is InChI=1S/C26H26N4O3/c1-2-32-25-20(24(31)21-16-29-26-19(21)8-6-12-27-26)7-5-9-22(25)33-17-18-10-11-23(28-15-18)30-13-3-4-14-30/h5-12,15-16H,2-4,13-14,17H2,1H3,(H,27,29). The van der Waals surface area contributed by atoms with Gasteiger partial charge in [0.05, 0.1) is 12.2 Å². The smallest absolute Gasteiger partial charge is 0.199 e. The predicted molar refractivity (Wildman–Crippen MR) is 127 cm³/mol. The van der Waals surface area contributed by atoms with E-state index in [1.165, 1.54) is 12.8 Å². The van der Waals surface area contributed by atoms with E-state index in [9.17, 15) is 4.79 Å². The molecule has 7 heteroatoms. The molecule has 0 aliphatic carbocycles. The van der Waals surface area contributed by atoms with Crippen LogP contribution in [0.15, 0.2) is 61.1 Å². The lowest BCUT2D eigenvalue weighted by Gasteiger charge is -2.17. The lowest BCUT2D eigenvalue weighted by atomic mass is 10.0. The second-order valence-electron chi connectivity index (χ2n) is 8.00. The zero-order valence-corrected chi connectivity index (χ0v) is 18.6. The molecule has 33 heavy (non-hydrogen) atoms. The fraction of sp³-hybridized carbons (Fsp3) is 0.269. The van der Waals surface area contributed by atoms with Crippen molar-refractivity contribution in [3.63, 3.8) is 0 Å². The molecule has 0 saturated carbocycles. The number of pyridine rings is 2. The number of nitrogens with zero attached hydrogens (tertiary/aromatic N) is 3. The van der Waals surface area contributed by atoms with Gasteiger partial charge in [-0.05, 0) is 50.1 Å². The van der Waals surface area contributed by atoms with E-state index in [0.717, 1.165) is 29.9 Å². The summed E-state index contributed by atoms with van der Waals surface area (Å²) in [5.41, 5.74) is 2.65. The van der Waals surface area contributed by atoms with E-state index in [-0.39, 0.29) is 5.78 Å². The van der Waals surface area contributed by atoms with Crippen molar-refractivity contribution in [1.29, 1.82) is 0 Å². The number of carbonyl (C=O) groups excluding carboxylic acids is 1. The molecule has 0 bridgehead atoms. The molecule has 1 aliphatic rings. The van der Waals surface area contributed by atoms with E-state index >= 15 is 0 Å². The van der Waals surface area contributed by atoms with Gasteiger partial charge in [-0.3, -0.25) is 4.79 Å². The molecule has 0 spiro atoms. The highest BCUT2D eigenvalue weighted by Gasteiger charge is 2.21. The number of ketones is 1. The number of aromatic nitrogens is 3. The monoisotopic (exact) mass is 442 g/mol. The van der Waals surface area contributed by atoms with Crippen LogP contribution in [0.25, 0.3) is 11.0 Å². The molecular formula is C26H26N4O3. The van der Waals surface area contributed by atoms with Crippen molar-refractivity contribution in [2.75, 3.05) is 24.6 Å². The fourth-order valence-corrected chi connectivity index (χ4v) is 4.19. The second kappa shape index (κ2) is 9.32. The number of H-pyrrole nitrogens is 1. The molecule has 0 radical (unpaired) electrons. The summed E-state index contributed by atoms with van der Waals surface area (Å²) in [6, 6.07) is 13.2. The highest BCUT2D eigenvalue weighted by molar-refractivity contribution is 6.17. The molecule has 0 amide bonds. The van der Waals surface area contributed by atoms with Crippen LogP contribution in [0.3, 0.4) is 0 Å². The number of anilines is 1. The first-order valence-corrected chi connectivity index (χ1v) is 11.3. The number of benzene rings is 1. The summed E-state index contributed by atoms with van der Waals surface area (Å²) in [5, 5.41) is 0.778. The minimum Gasteiger partial charge on any atom is -0.489 e. The maximum absolute atomic E-state index is 13.4. The second-order valence-corrected chi connectivity index (χ2v) is 8.00. The van der Waals surface area contributed by atoms with Gasteiger partial charge in [-0.25, -0.2) is 9.97 Å². The molecule has 4 aromatic rings. The van der Waals surface area contributed by atoms with Crippen molar-refractivity contribution in [2.24, 2.45) is 0 Å². The van der Waals surface area contributed by atoms with Crippen molar-refractivity contribution in [2.45, 2.75) is 26.4 Å². The summed E-state index contributed by atoms with van der Waals surface area (Å²) < 4.78 is 12.0. The lowest BCUT2D eigenvalue weighted by Crippen LogP contribution is -2.18. The van der Waals surface area contributed by atoms with Crippen molar-refractivity contribution in [3.8, 4) is 11.5 Å². The van der Waals surface area contributed by atoms with Crippen LogP contribution < -0.4 is 14.4 Å². The van der Waals surface area contributed by atoms with Crippen LogP contribution in [0.2, 0.25) is 0 Å². The summed E-state index contributed by atoms with van der Waals surface area (Å²) in [6.07, 6.45) is 7.67. The Labute approximate surface area is 192 Å². The summed E-state index contributed by atoms with van der Waals surface area (Å²) in [7, 11) is 0. The number of para-hydroxylation sites is 1. The third kappa shape index (κ3) is 4.26.